The Morgan fingerprint density at radius 3 is 2.35 bits per heavy atom. The Morgan fingerprint density at radius 2 is 1.68 bits per heavy atom. The van der Waals surface area contributed by atoms with Gasteiger partial charge in [0.2, 0.25) is 5.91 Å². The molecule has 2 amide bonds. The minimum atomic E-state index is -0.441. The Kier molecular flexibility index (Phi) is 6.97. The molecule has 40 heavy (non-hydrogen) atoms. The Morgan fingerprint density at radius 1 is 0.950 bits per heavy atom. The number of amides is 2. The molecule has 3 fully saturated rings. The van der Waals surface area contributed by atoms with E-state index in [1.807, 2.05) is 6.07 Å². The van der Waals surface area contributed by atoms with Crippen LogP contribution in [0.15, 0.2) is 46.0 Å². The van der Waals surface area contributed by atoms with Crippen molar-refractivity contribution in [2.24, 2.45) is 17.8 Å². The lowest BCUT2D eigenvalue weighted by Crippen LogP contribution is -2.42. The molecule has 3 aromatic rings. The second-order valence-electron chi connectivity index (χ2n) is 11.3. The fourth-order valence-corrected chi connectivity index (χ4v) is 5.86. The lowest BCUT2D eigenvalue weighted by Gasteiger charge is -2.21. The minimum Gasteiger partial charge on any atom is -0.349 e. The maximum atomic E-state index is 13.4. The first-order valence-corrected chi connectivity index (χ1v) is 14.3. The highest BCUT2D eigenvalue weighted by Crippen LogP contribution is 2.32. The van der Waals surface area contributed by atoms with Crippen molar-refractivity contribution in [3.8, 4) is 6.07 Å². The average molecular weight is 560 g/mol. The molecule has 9 nitrogen and oxygen atoms in total. The van der Waals surface area contributed by atoms with E-state index in [9.17, 15) is 19.2 Å². The summed E-state index contributed by atoms with van der Waals surface area (Å²) in [6.45, 7) is 1.03. The molecule has 3 saturated carbocycles. The van der Waals surface area contributed by atoms with Gasteiger partial charge in [-0.2, -0.15) is 5.26 Å². The van der Waals surface area contributed by atoms with Crippen LogP contribution in [0.25, 0.3) is 10.9 Å². The maximum absolute atomic E-state index is 13.4. The molecule has 6 rings (SSSR count). The highest BCUT2D eigenvalue weighted by atomic mass is 35.5. The van der Waals surface area contributed by atoms with Crippen LogP contribution in [0.4, 0.5) is 5.69 Å². The monoisotopic (exact) mass is 559 g/mol. The van der Waals surface area contributed by atoms with Crippen molar-refractivity contribution in [1.29, 1.82) is 5.26 Å². The molecule has 2 N–H and O–H groups in total. The first-order chi connectivity index (χ1) is 19.3. The molecule has 10 heteroatoms. The zero-order valence-corrected chi connectivity index (χ0v) is 22.7. The Labute approximate surface area is 235 Å². The third-order valence-electron chi connectivity index (χ3n) is 8.29. The molecule has 206 valence electrons. The van der Waals surface area contributed by atoms with Gasteiger partial charge in [-0.25, -0.2) is 4.79 Å². The molecule has 0 aliphatic heterocycles. The highest BCUT2D eigenvalue weighted by Gasteiger charge is 2.34. The van der Waals surface area contributed by atoms with E-state index in [2.05, 4.69) is 10.6 Å². The SMILES string of the molecule is N#Cc1ccc(C(=O)N[C@@H]2CCC[C@@H]2C(=O)Nc2ccc3c(c2)c(=O)n(CC2CC2)c(=O)n3CC2CC2)cc1Cl. The number of nitriles is 1. The van der Waals surface area contributed by atoms with Gasteiger partial charge in [0.1, 0.15) is 6.07 Å². The van der Waals surface area contributed by atoms with Crippen molar-refractivity contribution in [3.63, 3.8) is 0 Å². The van der Waals surface area contributed by atoms with E-state index in [1.54, 1.807) is 22.8 Å². The fraction of sp³-hybridized carbons (Fsp3) is 0.433. The number of halogens is 1. The molecule has 3 aliphatic rings. The predicted octanol–water partition coefficient (Wildman–Crippen LogP) is 4.05. The Hall–Kier alpha value is -3.90. The summed E-state index contributed by atoms with van der Waals surface area (Å²) in [4.78, 5) is 52.8. The summed E-state index contributed by atoms with van der Waals surface area (Å²) >= 11 is 6.09. The van der Waals surface area contributed by atoms with Gasteiger partial charge in [0.05, 0.1) is 27.4 Å². The fourth-order valence-electron chi connectivity index (χ4n) is 5.64. The topological polar surface area (TPSA) is 126 Å². The zero-order valence-electron chi connectivity index (χ0n) is 22.0. The Balaban J connectivity index is 1.22. The van der Waals surface area contributed by atoms with E-state index < -0.39 is 5.92 Å². The third kappa shape index (κ3) is 5.28. The molecule has 0 spiro atoms. The predicted molar refractivity (Wildman–Crippen MR) is 151 cm³/mol. The smallest absolute Gasteiger partial charge is 0.331 e. The summed E-state index contributed by atoms with van der Waals surface area (Å²) in [7, 11) is 0. The average Bonchev–Trinajstić information content (AvgIpc) is 3.88. The summed E-state index contributed by atoms with van der Waals surface area (Å²) in [5.74, 6) is -0.197. The number of aromatic nitrogens is 2. The summed E-state index contributed by atoms with van der Waals surface area (Å²) < 4.78 is 3.09. The second kappa shape index (κ2) is 10.6. The van der Waals surface area contributed by atoms with E-state index in [1.165, 1.54) is 22.8 Å². The van der Waals surface area contributed by atoms with Crippen LogP contribution < -0.4 is 21.9 Å². The van der Waals surface area contributed by atoms with Crippen LogP contribution in [-0.2, 0) is 17.9 Å². The minimum absolute atomic E-state index is 0.200. The first kappa shape index (κ1) is 26.3. The largest absolute Gasteiger partial charge is 0.349 e. The number of hydrogen-bond acceptors (Lipinski definition) is 5. The van der Waals surface area contributed by atoms with Gasteiger partial charge in [-0.3, -0.25) is 23.5 Å². The molecule has 2 atom stereocenters. The van der Waals surface area contributed by atoms with Gasteiger partial charge < -0.3 is 10.6 Å². The van der Waals surface area contributed by atoms with Gasteiger partial charge in [0, 0.05) is 30.4 Å². The van der Waals surface area contributed by atoms with Crippen LogP contribution in [0.3, 0.4) is 0 Å². The number of nitrogens with zero attached hydrogens (tertiary/aromatic N) is 3. The summed E-state index contributed by atoms with van der Waals surface area (Å²) in [6.07, 6.45) is 6.29. The van der Waals surface area contributed by atoms with Crippen molar-refractivity contribution in [1.82, 2.24) is 14.5 Å². The number of carbonyl (C=O) groups is 2. The van der Waals surface area contributed by atoms with E-state index >= 15 is 0 Å². The number of rotatable bonds is 8. The standard InChI is InChI=1S/C30H30ClN5O4/c31-24-12-19(8-9-20(24)14-32)27(37)34-25-3-1-2-22(25)28(38)33-21-10-11-26-23(13-21)29(39)36(16-18-6-7-18)30(40)35(26)15-17-4-5-17/h8-13,17-18,22,25H,1-7,15-16H2,(H,33,38)(H,34,37)/t22-,25+/m0/s1. The van der Waals surface area contributed by atoms with E-state index in [0.29, 0.717) is 59.9 Å². The van der Waals surface area contributed by atoms with Crippen LogP contribution in [0.2, 0.25) is 5.02 Å². The van der Waals surface area contributed by atoms with Crippen LogP contribution in [0.1, 0.15) is 60.9 Å². The van der Waals surface area contributed by atoms with Crippen LogP contribution >= 0.6 is 11.6 Å². The lowest BCUT2D eigenvalue weighted by molar-refractivity contribution is -0.120. The van der Waals surface area contributed by atoms with E-state index in [0.717, 1.165) is 32.1 Å². The van der Waals surface area contributed by atoms with Gasteiger partial charge in [-0.05, 0) is 86.8 Å². The van der Waals surface area contributed by atoms with Crippen molar-refractivity contribution in [2.45, 2.75) is 64.1 Å². The van der Waals surface area contributed by atoms with Crippen LogP contribution in [0, 0.1) is 29.1 Å². The number of hydrogen-bond donors (Lipinski definition) is 2. The Bertz CT molecular complexity index is 1680. The third-order valence-corrected chi connectivity index (χ3v) is 8.60. The quantitative estimate of drug-likeness (QED) is 0.431. The number of fused-ring (bicyclic) bond motifs is 1. The molecular formula is C30H30ClN5O4. The zero-order chi connectivity index (χ0) is 28.0. The van der Waals surface area contributed by atoms with Crippen LogP contribution in [0.5, 0.6) is 0 Å². The summed E-state index contributed by atoms with van der Waals surface area (Å²) in [5, 5.41) is 15.6. The van der Waals surface area contributed by atoms with Crippen molar-refractivity contribution in [3.05, 3.63) is 73.4 Å². The summed E-state index contributed by atoms with van der Waals surface area (Å²) in [6, 6.07) is 11.3. The van der Waals surface area contributed by atoms with Gasteiger partial charge in [-0.1, -0.05) is 18.0 Å². The number of carbonyl (C=O) groups excluding carboxylic acids is 2. The summed E-state index contributed by atoms with van der Waals surface area (Å²) in [5.41, 5.74) is 1.13. The molecule has 0 unspecified atom stereocenters. The van der Waals surface area contributed by atoms with Gasteiger partial charge in [0.15, 0.2) is 0 Å². The molecule has 0 bridgehead atoms. The molecule has 1 heterocycles. The normalized spacial score (nSPS) is 20.3. The van der Waals surface area contributed by atoms with Gasteiger partial charge in [0.25, 0.3) is 11.5 Å². The lowest BCUT2D eigenvalue weighted by atomic mass is 10.0. The number of benzene rings is 2. The van der Waals surface area contributed by atoms with E-state index in [-0.39, 0.29) is 39.7 Å². The second-order valence-corrected chi connectivity index (χ2v) is 11.7. The highest BCUT2D eigenvalue weighted by molar-refractivity contribution is 6.32. The van der Waals surface area contributed by atoms with Gasteiger partial charge in [-0.15, -0.1) is 0 Å². The molecular weight excluding hydrogens is 530 g/mol. The van der Waals surface area contributed by atoms with Crippen molar-refractivity contribution < 1.29 is 9.59 Å². The number of nitrogens with one attached hydrogen (secondary N) is 2. The number of anilines is 1. The van der Waals surface area contributed by atoms with Crippen LogP contribution in [-0.4, -0.2) is 27.0 Å². The molecule has 3 aliphatic carbocycles. The van der Waals surface area contributed by atoms with Crippen molar-refractivity contribution >= 4 is 40.0 Å². The molecule has 0 saturated heterocycles. The van der Waals surface area contributed by atoms with E-state index in [4.69, 9.17) is 16.9 Å². The van der Waals surface area contributed by atoms with Crippen molar-refractivity contribution in [2.75, 3.05) is 5.32 Å². The maximum Gasteiger partial charge on any atom is 0.331 e. The van der Waals surface area contributed by atoms with Gasteiger partial charge >= 0.3 is 5.69 Å². The first-order valence-electron chi connectivity index (χ1n) is 13.9. The molecule has 0 radical (unpaired) electrons. The molecule has 2 aromatic carbocycles. The molecule has 1 aromatic heterocycles.